The van der Waals surface area contributed by atoms with Crippen molar-refractivity contribution >= 4 is 5.65 Å². The zero-order valence-corrected chi connectivity index (χ0v) is 12.6. The van der Waals surface area contributed by atoms with Crippen LogP contribution < -0.4 is 11.0 Å². The molecule has 20 heavy (non-hydrogen) atoms. The molecule has 2 rings (SSSR count). The third-order valence-electron chi connectivity index (χ3n) is 3.33. The number of nitrogens with one attached hydrogen (secondary N) is 2. The summed E-state index contributed by atoms with van der Waals surface area (Å²) >= 11 is 0. The highest BCUT2D eigenvalue weighted by Gasteiger charge is 2.13. The largest absolute Gasteiger partial charge is 0.349 e. The van der Waals surface area contributed by atoms with Gasteiger partial charge in [0.2, 0.25) is 0 Å². The van der Waals surface area contributed by atoms with Gasteiger partial charge in [0.15, 0.2) is 5.65 Å². The van der Waals surface area contributed by atoms with Gasteiger partial charge in [0.1, 0.15) is 5.82 Å². The summed E-state index contributed by atoms with van der Waals surface area (Å²) in [6.45, 7) is 9.33. The first-order valence-electron chi connectivity index (χ1n) is 7.18. The Morgan fingerprint density at radius 3 is 2.85 bits per heavy atom. The van der Waals surface area contributed by atoms with E-state index in [1.807, 2.05) is 13.0 Å². The first-order chi connectivity index (χ1) is 9.51. The summed E-state index contributed by atoms with van der Waals surface area (Å²) < 4.78 is 1.49. The fourth-order valence-electron chi connectivity index (χ4n) is 2.61. The molecule has 2 N–H and O–H groups in total. The number of aromatic nitrogens is 4. The molecule has 0 aliphatic rings. The summed E-state index contributed by atoms with van der Waals surface area (Å²) in [5.74, 6) is 1.31. The molecule has 0 fully saturated rings. The maximum atomic E-state index is 11.6. The van der Waals surface area contributed by atoms with Gasteiger partial charge in [-0.25, -0.2) is 19.3 Å². The van der Waals surface area contributed by atoms with Crippen LogP contribution in [0.3, 0.4) is 0 Å². The summed E-state index contributed by atoms with van der Waals surface area (Å²) in [5.41, 5.74) is 1.37. The summed E-state index contributed by atoms with van der Waals surface area (Å²) in [6.07, 6.45) is 1.96. The second-order valence-electron chi connectivity index (χ2n) is 5.61. The number of aryl methyl sites for hydroxylation is 1. The topological polar surface area (TPSA) is 75.1 Å². The maximum Gasteiger partial charge on any atom is 0.349 e. The third-order valence-corrected chi connectivity index (χ3v) is 3.33. The fraction of sp³-hybridized carbons (Fsp3) is 0.643. The van der Waals surface area contributed by atoms with Crippen LogP contribution in [-0.4, -0.2) is 32.2 Å². The number of fused-ring (bicyclic) bond motifs is 1. The van der Waals surface area contributed by atoms with Gasteiger partial charge in [-0.1, -0.05) is 20.8 Å². The molecule has 2 aromatic rings. The molecule has 0 radical (unpaired) electrons. The monoisotopic (exact) mass is 277 g/mol. The van der Waals surface area contributed by atoms with Crippen molar-refractivity contribution in [3.05, 3.63) is 28.1 Å². The van der Waals surface area contributed by atoms with E-state index in [0.717, 1.165) is 25.1 Å². The molecule has 0 saturated heterocycles. The number of aromatic amines is 1. The van der Waals surface area contributed by atoms with Crippen molar-refractivity contribution in [1.82, 2.24) is 24.9 Å². The van der Waals surface area contributed by atoms with E-state index in [1.54, 1.807) is 0 Å². The fourth-order valence-corrected chi connectivity index (χ4v) is 2.61. The molecule has 110 valence electrons. The number of nitrogens with zero attached hydrogens (tertiary/aromatic N) is 3. The number of rotatable bonds is 6. The Morgan fingerprint density at radius 1 is 1.45 bits per heavy atom. The minimum atomic E-state index is -0.234. The van der Waals surface area contributed by atoms with Crippen molar-refractivity contribution in [3.63, 3.8) is 0 Å². The standard InChI is InChI=1S/C14H23N5O/c1-5-15-11(6-9(2)3)7-12-8-13-17-18-14(20)19(13)10(4)16-12/h8-9,11,15H,5-7H2,1-4H3,(H,18,20). The molecule has 6 nitrogen and oxygen atoms in total. The van der Waals surface area contributed by atoms with Crippen molar-refractivity contribution < 1.29 is 0 Å². The highest BCUT2D eigenvalue weighted by Crippen LogP contribution is 2.11. The van der Waals surface area contributed by atoms with Gasteiger partial charge >= 0.3 is 5.69 Å². The summed E-state index contributed by atoms with van der Waals surface area (Å²) in [7, 11) is 0. The lowest BCUT2D eigenvalue weighted by Gasteiger charge is -2.19. The molecular weight excluding hydrogens is 254 g/mol. The van der Waals surface area contributed by atoms with E-state index in [1.165, 1.54) is 4.40 Å². The highest BCUT2D eigenvalue weighted by atomic mass is 16.1. The summed E-state index contributed by atoms with van der Waals surface area (Å²) in [6, 6.07) is 2.29. The van der Waals surface area contributed by atoms with Crippen molar-refractivity contribution in [2.75, 3.05) is 6.54 Å². The van der Waals surface area contributed by atoms with Gasteiger partial charge in [-0.2, -0.15) is 5.10 Å². The van der Waals surface area contributed by atoms with Crippen LogP contribution in [0.2, 0.25) is 0 Å². The Kier molecular flexibility index (Phi) is 4.54. The molecule has 0 bridgehead atoms. The quantitative estimate of drug-likeness (QED) is 0.834. The van der Waals surface area contributed by atoms with Crippen LogP contribution in [0.4, 0.5) is 0 Å². The maximum absolute atomic E-state index is 11.6. The van der Waals surface area contributed by atoms with Gasteiger partial charge in [0.05, 0.1) is 0 Å². The van der Waals surface area contributed by atoms with E-state index in [2.05, 4.69) is 41.3 Å². The first kappa shape index (κ1) is 14.7. The van der Waals surface area contributed by atoms with Gasteiger partial charge in [-0.15, -0.1) is 0 Å². The van der Waals surface area contributed by atoms with Gasteiger partial charge in [-0.3, -0.25) is 0 Å². The molecule has 2 heterocycles. The highest BCUT2D eigenvalue weighted by molar-refractivity contribution is 5.38. The predicted octanol–water partition coefficient (Wildman–Crippen LogP) is 1.29. The lowest BCUT2D eigenvalue weighted by Crippen LogP contribution is -2.32. The third kappa shape index (κ3) is 3.25. The van der Waals surface area contributed by atoms with Crippen LogP contribution in [0, 0.1) is 12.8 Å². The molecule has 0 aromatic carbocycles. The zero-order valence-electron chi connectivity index (χ0n) is 12.6. The Labute approximate surface area is 118 Å². The van der Waals surface area contributed by atoms with Crippen molar-refractivity contribution in [2.24, 2.45) is 5.92 Å². The van der Waals surface area contributed by atoms with Crippen molar-refractivity contribution in [2.45, 2.75) is 46.6 Å². The van der Waals surface area contributed by atoms with E-state index < -0.39 is 0 Å². The van der Waals surface area contributed by atoms with E-state index >= 15 is 0 Å². The summed E-state index contributed by atoms with van der Waals surface area (Å²) in [4.78, 5) is 16.1. The summed E-state index contributed by atoms with van der Waals surface area (Å²) in [5, 5.41) is 9.97. The molecular formula is C14H23N5O. The second-order valence-corrected chi connectivity index (χ2v) is 5.61. The first-order valence-corrected chi connectivity index (χ1v) is 7.18. The van der Waals surface area contributed by atoms with Crippen LogP contribution in [0.1, 0.15) is 38.7 Å². The predicted molar refractivity (Wildman–Crippen MR) is 79.0 cm³/mol. The minimum Gasteiger partial charge on any atom is -0.314 e. The van der Waals surface area contributed by atoms with Crippen LogP contribution in [0.15, 0.2) is 10.9 Å². The number of H-pyrrole nitrogens is 1. The Balaban J connectivity index is 2.25. The molecule has 1 unspecified atom stereocenters. The molecule has 0 amide bonds. The Morgan fingerprint density at radius 2 is 2.20 bits per heavy atom. The van der Waals surface area contributed by atoms with E-state index in [4.69, 9.17) is 0 Å². The van der Waals surface area contributed by atoms with Gasteiger partial charge < -0.3 is 5.32 Å². The van der Waals surface area contributed by atoms with Gasteiger partial charge in [0, 0.05) is 24.2 Å². The molecule has 0 aliphatic carbocycles. The Hall–Kier alpha value is -1.69. The normalized spacial score (nSPS) is 13.2. The van der Waals surface area contributed by atoms with Crippen LogP contribution in [-0.2, 0) is 6.42 Å². The van der Waals surface area contributed by atoms with Crippen LogP contribution >= 0.6 is 0 Å². The van der Waals surface area contributed by atoms with E-state index in [9.17, 15) is 4.79 Å². The SMILES string of the molecule is CCNC(Cc1cc2n[nH]c(=O)n2c(C)n1)CC(C)C. The smallest absolute Gasteiger partial charge is 0.314 e. The zero-order chi connectivity index (χ0) is 14.7. The molecule has 1 atom stereocenters. The van der Waals surface area contributed by atoms with Crippen molar-refractivity contribution in [1.29, 1.82) is 0 Å². The Bertz CT molecular complexity index is 628. The number of hydrogen-bond acceptors (Lipinski definition) is 4. The minimum absolute atomic E-state index is 0.234. The average Bonchev–Trinajstić information content (AvgIpc) is 2.70. The van der Waals surface area contributed by atoms with E-state index in [-0.39, 0.29) is 5.69 Å². The number of likely N-dealkylation sites (N-methyl/N-ethyl adjacent to an activating group) is 1. The van der Waals surface area contributed by atoms with Gasteiger partial charge in [0.25, 0.3) is 0 Å². The van der Waals surface area contributed by atoms with Gasteiger partial charge in [-0.05, 0) is 25.8 Å². The molecule has 0 saturated carbocycles. The lowest BCUT2D eigenvalue weighted by atomic mass is 9.99. The number of hydrogen-bond donors (Lipinski definition) is 2. The molecule has 0 aliphatic heterocycles. The average molecular weight is 277 g/mol. The lowest BCUT2D eigenvalue weighted by molar-refractivity contribution is 0.421. The molecule has 2 aromatic heterocycles. The second kappa shape index (κ2) is 6.17. The van der Waals surface area contributed by atoms with Crippen molar-refractivity contribution in [3.8, 4) is 0 Å². The van der Waals surface area contributed by atoms with Crippen LogP contribution in [0.25, 0.3) is 5.65 Å². The van der Waals surface area contributed by atoms with E-state index in [0.29, 0.717) is 23.4 Å². The molecule has 6 heteroatoms. The molecule has 0 spiro atoms. The van der Waals surface area contributed by atoms with Crippen LogP contribution in [0.5, 0.6) is 0 Å².